The predicted molar refractivity (Wildman–Crippen MR) is 107 cm³/mol. The number of hydrogen-bond donors (Lipinski definition) is 0. The molecule has 0 saturated carbocycles. The molecule has 0 unspecified atom stereocenters. The van der Waals surface area contributed by atoms with Crippen molar-refractivity contribution in [2.75, 3.05) is 56.2 Å². The Morgan fingerprint density at radius 1 is 0.893 bits per heavy atom. The number of rotatable bonds is 4. The molecule has 1 amide bonds. The lowest BCUT2D eigenvalue weighted by Gasteiger charge is -2.35. The molecule has 0 aromatic carbocycles. The normalized spacial score (nSPS) is 17.5. The maximum absolute atomic E-state index is 12.8. The molecule has 2 saturated heterocycles. The average molecular weight is 382 g/mol. The van der Waals surface area contributed by atoms with Crippen LogP contribution in [0, 0.1) is 0 Å². The number of piperidine rings is 1. The fourth-order valence-electron chi connectivity index (χ4n) is 3.80. The Hall–Kier alpha value is -2.90. The van der Waals surface area contributed by atoms with Gasteiger partial charge in [0.05, 0.1) is 7.11 Å². The summed E-state index contributed by atoms with van der Waals surface area (Å²) >= 11 is 0. The molecular weight excluding hydrogens is 356 g/mol. The summed E-state index contributed by atoms with van der Waals surface area (Å²) < 4.78 is 5.22. The fourth-order valence-corrected chi connectivity index (χ4v) is 3.80. The molecular formula is C20H26N6O2. The van der Waals surface area contributed by atoms with Crippen LogP contribution >= 0.6 is 0 Å². The minimum absolute atomic E-state index is 0.0452. The minimum atomic E-state index is -0.0452. The lowest BCUT2D eigenvalue weighted by Crippen LogP contribution is -2.49. The van der Waals surface area contributed by atoms with Gasteiger partial charge in [-0.25, -0.2) is 4.98 Å². The zero-order valence-corrected chi connectivity index (χ0v) is 16.3. The van der Waals surface area contributed by atoms with Crippen LogP contribution in [0.1, 0.15) is 29.6 Å². The molecule has 0 atom stereocenters. The monoisotopic (exact) mass is 382 g/mol. The van der Waals surface area contributed by atoms with Crippen LogP contribution in [-0.2, 0) is 0 Å². The number of ether oxygens (including phenoxy) is 1. The quantitative estimate of drug-likeness (QED) is 0.799. The highest BCUT2D eigenvalue weighted by atomic mass is 16.5. The van der Waals surface area contributed by atoms with Gasteiger partial charge in [-0.2, -0.15) is 0 Å². The summed E-state index contributed by atoms with van der Waals surface area (Å²) in [5.74, 6) is 2.15. The van der Waals surface area contributed by atoms with Gasteiger partial charge in [0.25, 0.3) is 5.91 Å². The second-order valence-electron chi connectivity index (χ2n) is 7.14. The van der Waals surface area contributed by atoms with Crippen molar-refractivity contribution in [1.29, 1.82) is 0 Å². The van der Waals surface area contributed by atoms with E-state index in [4.69, 9.17) is 4.74 Å². The van der Waals surface area contributed by atoms with E-state index in [0.717, 1.165) is 37.8 Å². The van der Waals surface area contributed by atoms with Crippen molar-refractivity contribution >= 4 is 17.5 Å². The first-order valence-electron chi connectivity index (χ1n) is 9.88. The van der Waals surface area contributed by atoms with Gasteiger partial charge in [0, 0.05) is 45.5 Å². The molecule has 0 bridgehead atoms. The number of carbonyl (C=O) groups excluding carboxylic acids is 1. The molecule has 0 aliphatic carbocycles. The van der Waals surface area contributed by atoms with Gasteiger partial charge in [0.2, 0.25) is 5.88 Å². The number of amides is 1. The summed E-state index contributed by atoms with van der Waals surface area (Å²) in [6, 6.07) is 7.61. The van der Waals surface area contributed by atoms with Gasteiger partial charge in [-0.1, -0.05) is 0 Å². The van der Waals surface area contributed by atoms with Crippen LogP contribution in [0.15, 0.2) is 30.5 Å². The number of carbonyl (C=O) groups is 1. The zero-order chi connectivity index (χ0) is 19.3. The molecule has 8 nitrogen and oxygen atoms in total. The van der Waals surface area contributed by atoms with Crippen molar-refractivity contribution in [2.24, 2.45) is 0 Å². The first-order valence-corrected chi connectivity index (χ1v) is 9.88. The summed E-state index contributed by atoms with van der Waals surface area (Å²) in [5.41, 5.74) is 0.504. The Balaban J connectivity index is 1.36. The number of piperazine rings is 1. The number of methoxy groups -OCH3 is 1. The first-order chi connectivity index (χ1) is 13.8. The van der Waals surface area contributed by atoms with E-state index in [0.29, 0.717) is 24.5 Å². The Bertz CT molecular complexity index is 799. The van der Waals surface area contributed by atoms with Crippen molar-refractivity contribution in [3.63, 3.8) is 0 Å². The predicted octanol–water partition coefficient (Wildman–Crippen LogP) is 1.83. The summed E-state index contributed by atoms with van der Waals surface area (Å²) in [6.45, 7) is 4.84. The fraction of sp³-hybridized carbons (Fsp3) is 0.500. The second-order valence-corrected chi connectivity index (χ2v) is 7.14. The SMILES string of the molecule is COc1ncccc1C(=O)N1CCN(c2ccc(N3CCCCC3)nn2)CC1. The average Bonchev–Trinajstić information content (AvgIpc) is 2.79. The maximum atomic E-state index is 12.8. The molecule has 0 N–H and O–H groups in total. The molecule has 148 valence electrons. The van der Waals surface area contributed by atoms with Crippen LogP contribution in [0.25, 0.3) is 0 Å². The highest BCUT2D eigenvalue weighted by Gasteiger charge is 2.25. The van der Waals surface area contributed by atoms with Crippen molar-refractivity contribution in [3.8, 4) is 5.88 Å². The van der Waals surface area contributed by atoms with E-state index < -0.39 is 0 Å². The molecule has 4 heterocycles. The number of aromatic nitrogens is 3. The van der Waals surface area contributed by atoms with Gasteiger partial charge in [0.1, 0.15) is 5.56 Å². The van der Waals surface area contributed by atoms with Crippen molar-refractivity contribution in [3.05, 3.63) is 36.0 Å². The van der Waals surface area contributed by atoms with E-state index in [1.165, 1.54) is 26.4 Å². The molecule has 4 rings (SSSR count). The smallest absolute Gasteiger partial charge is 0.259 e. The lowest BCUT2D eigenvalue weighted by molar-refractivity contribution is 0.0742. The number of anilines is 2. The van der Waals surface area contributed by atoms with E-state index in [1.807, 2.05) is 11.0 Å². The first kappa shape index (κ1) is 18.5. The van der Waals surface area contributed by atoms with Gasteiger partial charge in [-0.3, -0.25) is 4.79 Å². The maximum Gasteiger partial charge on any atom is 0.259 e. The van der Waals surface area contributed by atoms with Crippen LogP contribution in [0.4, 0.5) is 11.6 Å². The van der Waals surface area contributed by atoms with Crippen LogP contribution in [0.2, 0.25) is 0 Å². The second kappa shape index (κ2) is 8.41. The third kappa shape index (κ3) is 3.85. The van der Waals surface area contributed by atoms with Crippen LogP contribution in [0.5, 0.6) is 5.88 Å². The molecule has 8 heteroatoms. The Morgan fingerprint density at radius 3 is 2.14 bits per heavy atom. The van der Waals surface area contributed by atoms with Gasteiger partial charge in [0.15, 0.2) is 11.6 Å². The molecule has 2 aliphatic rings. The third-order valence-corrected chi connectivity index (χ3v) is 5.40. The van der Waals surface area contributed by atoms with E-state index in [2.05, 4.69) is 31.0 Å². The van der Waals surface area contributed by atoms with Crippen LogP contribution < -0.4 is 14.5 Å². The summed E-state index contributed by atoms with van der Waals surface area (Å²) in [4.78, 5) is 23.2. The number of nitrogens with zero attached hydrogens (tertiary/aromatic N) is 6. The lowest BCUT2D eigenvalue weighted by atomic mass is 10.1. The van der Waals surface area contributed by atoms with Crippen molar-refractivity contribution < 1.29 is 9.53 Å². The Kier molecular flexibility index (Phi) is 5.55. The number of pyridine rings is 1. The van der Waals surface area contributed by atoms with E-state index >= 15 is 0 Å². The Morgan fingerprint density at radius 2 is 1.54 bits per heavy atom. The number of hydrogen-bond acceptors (Lipinski definition) is 7. The third-order valence-electron chi connectivity index (χ3n) is 5.40. The summed E-state index contributed by atoms with van der Waals surface area (Å²) in [7, 11) is 1.53. The zero-order valence-electron chi connectivity index (χ0n) is 16.3. The summed E-state index contributed by atoms with van der Waals surface area (Å²) in [6.07, 6.45) is 5.37. The van der Waals surface area contributed by atoms with E-state index in [1.54, 1.807) is 18.3 Å². The van der Waals surface area contributed by atoms with Crippen molar-refractivity contribution in [1.82, 2.24) is 20.1 Å². The van der Waals surface area contributed by atoms with Crippen molar-refractivity contribution in [2.45, 2.75) is 19.3 Å². The molecule has 2 aromatic heterocycles. The molecule has 0 spiro atoms. The molecule has 2 aliphatic heterocycles. The van der Waals surface area contributed by atoms with Gasteiger partial charge in [-0.15, -0.1) is 10.2 Å². The van der Waals surface area contributed by atoms with E-state index in [9.17, 15) is 4.79 Å². The molecule has 2 aromatic rings. The highest BCUT2D eigenvalue weighted by Crippen LogP contribution is 2.21. The Labute approximate surface area is 165 Å². The van der Waals surface area contributed by atoms with Crippen LogP contribution in [-0.4, -0.2) is 72.4 Å². The van der Waals surface area contributed by atoms with Gasteiger partial charge >= 0.3 is 0 Å². The topological polar surface area (TPSA) is 74.7 Å². The van der Waals surface area contributed by atoms with Gasteiger partial charge in [-0.05, 0) is 43.5 Å². The molecule has 28 heavy (non-hydrogen) atoms. The van der Waals surface area contributed by atoms with E-state index in [-0.39, 0.29) is 5.91 Å². The standard InChI is InChI=1S/C20H26N6O2/c1-28-19-16(6-5-9-21-19)20(27)26-14-12-25(13-15-26)18-8-7-17(22-23-18)24-10-3-2-4-11-24/h5-9H,2-4,10-15H2,1H3. The highest BCUT2D eigenvalue weighted by molar-refractivity contribution is 5.96. The molecule has 2 fully saturated rings. The largest absolute Gasteiger partial charge is 0.480 e. The van der Waals surface area contributed by atoms with Crippen LogP contribution in [0.3, 0.4) is 0 Å². The summed E-state index contributed by atoms with van der Waals surface area (Å²) in [5, 5.41) is 8.86. The minimum Gasteiger partial charge on any atom is -0.480 e. The van der Waals surface area contributed by atoms with Gasteiger partial charge < -0.3 is 19.4 Å². The molecule has 0 radical (unpaired) electrons.